The highest BCUT2D eigenvalue weighted by Gasteiger charge is 2.40. The summed E-state index contributed by atoms with van der Waals surface area (Å²) in [6.45, 7) is 2.41. The van der Waals surface area contributed by atoms with Gasteiger partial charge in [-0.05, 0) is 55.9 Å². The molecule has 8 nitrogen and oxygen atoms in total. The van der Waals surface area contributed by atoms with E-state index >= 15 is 0 Å². The Kier molecular flexibility index (Phi) is 6.59. The number of nitro groups is 1. The van der Waals surface area contributed by atoms with Crippen LogP contribution >= 0.6 is 0 Å². The van der Waals surface area contributed by atoms with Gasteiger partial charge in [-0.25, -0.2) is 0 Å². The maximum atomic E-state index is 13.1. The van der Waals surface area contributed by atoms with Crippen molar-refractivity contribution < 1.29 is 24.0 Å². The van der Waals surface area contributed by atoms with Crippen molar-refractivity contribution in [3.05, 3.63) is 86.2 Å². The summed E-state index contributed by atoms with van der Waals surface area (Å²) < 4.78 is 11.9. The summed E-state index contributed by atoms with van der Waals surface area (Å²) in [6, 6.07) is 11.9. The van der Waals surface area contributed by atoms with Gasteiger partial charge in [-0.2, -0.15) is 0 Å². The van der Waals surface area contributed by atoms with Crippen molar-refractivity contribution in [1.29, 1.82) is 0 Å². The quantitative estimate of drug-likeness (QED) is 0.418. The van der Waals surface area contributed by atoms with E-state index in [0.717, 1.165) is 42.6 Å². The summed E-state index contributed by atoms with van der Waals surface area (Å²) >= 11 is 0. The first-order chi connectivity index (χ1) is 17.5. The topological polar surface area (TPSA) is 108 Å². The van der Waals surface area contributed by atoms with Crippen molar-refractivity contribution in [3.63, 3.8) is 0 Å². The third kappa shape index (κ3) is 4.51. The summed E-state index contributed by atoms with van der Waals surface area (Å²) in [7, 11) is 0. The van der Waals surface area contributed by atoms with Crippen LogP contribution in [0.4, 0.5) is 5.69 Å². The lowest BCUT2D eigenvalue weighted by Gasteiger charge is -2.37. The summed E-state index contributed by atoms with van der Waals surface area (Å²) in [6.07, 6.45) is 4.18. The third-order valence-corrected chi connectivity index (χ3v) is 6.91. The number of nitrogens with one attached hydrogen (secondary N) is 1. The van der Waals surface area contributed by atoms with Crippen LogP contribution in [0.15, 0.2) is 65.0 Å². The van der Waals surface area contributed by atoms with E-state index in [0.29, 0.717) is 47.7 Å². The number of Topliss-reactive ketones (excluding diaryl/α,β-unsaturated/α-hetero) is 2. The Morgan fingerprint density at radius 3 is 2.25 bits per heavy atom. The minimum atomic E-state index is -0.437. The summed E-state index contributed by atoms with van der Waals surface area (Å²) in [4.78, 5) is 36.8. The molecule has 0 amide bonds. The molecule has 0 saturated heterocycles. The summed E-state index contributed by atoms with van der Waals surface area (Å²) in [5, 5.41) is 14.5. The molecule has 1 aliphatic heterocycles. The van der Waals surface area contributed by atoms with Crippen molar-refractivity contribution in [2.45, 2.75) is 58.0 Å². The molecule has 3 aliphatic rings. The first-order valence-electron chi connectivity index (χ1n) is 12.4. The van der Waals surface area contributed by atoms with Crippen molar-refractivity contribution in [2.75, 3.05) is 6.61 Å². The molecule has 5 rings (SSSR count). The average Bonchev–Trinajstić information content (AvgIpc) is 2.87. The molecule has 0 spiro atoms. The van der Waals surface area contributed by atoms with Crippen molar-refractivity contribution in [1.82, 2.24) is 5.32 Å². The minimum Gasteiger partial charge on any atom is -0.490 e. The van der Waals surface area contributed by atoms with Gasteiger partial charge in [0.15, 0.2) is 23.1 Å². The number of hydrogen-bond donors (Lipinski definition) is 1. The fourth-order valence-electron chi connectivity index (χ4n) is 5.33. The molecule has 186 valence electrons. The zero-order valence-electron chi connectivity index (χ0n) is 20.2. The Hall–Kier alpha value is -3.94. The zero-order chi connectivity index (χ0) is 25.2. The Morgan fingerprint density at radius 2 is 1.61 bits per heavy atom. The maximum Gasteiger partial charge on any atom is 0.269 e. The van der Waals surface area contributed by atoms with Crippen LogP contribution in [-0.2, 0) is 16.2 Å². The Labute approximate surface area is 209 Å². The Morgan fingerprint density at radius 1 is 0.917 bits per heavy atom. The number of allylic oxidation sites excluding steroid dienone is 4. The molecule has 0 atom stereocenters. The van der Waals surface area contributed by atoms with Gasteiger partial charge in [0.2, 0.25) is 0 Å². The number of nitrogens with zero attached hydrogens (tertiary/aromatic N) is 1. The van der Waals surface area contributed by atoms with Crippen molar-refractivity contribution in [3.8, 4) is 11.5 Å². The Bertz CT molecular complexity index is 1270. The average molecular weight is 489 g/mol. The van der Waals surface area contributed by atoms with Crippen LogP contribution in [0.3, 0.4) is 0 Å². The number of benzene rings is 2. The van der Waals surface area contributed by atoms with Gasteiger partial charge in [0.25, 0.3) is 5.69 Å². The SMILES string of the molecule is CCOc1cc(C2C3=C(CCCC3=O)NC3=C2C(=O)CCC3)ccc1OCc1cccc([N+](=O)[O-])c1. The van der Waals surface area contributed by atoms with Crippen LogP contribution in [0.2, 0.25) is 0 Å². The summed E-state index contributed by atoms with van der Waals surface area (Å²) in [5.41, 5.74) is 4.77. The van der Waals surface area contributed by atoms with E-state index in [1.54, 1.807) is 18.2 Å². The molecule has 1 heterocycles. The number of hydrogen-bond acceptors (Lipinski definition) is 7. The fourth-order valence-corrected chi connectivity index (χ4v) is 5.33. The first-order valence-corrected chi connectivity index (χ1v) is 12.4. The molecule has 8 heteroatoms. The van der Waals surface area contributed by atoms with Gasteiger partial charge in [0.1, 0.15) is 6.61 Å². The minimum absolute atomic E-state index is 0.00448. The first kappa shape index (κ1) is 23.8. The smallest absolute Gasteiger partial charge is 0.269 e. The second kappa shape index (κ2) is 9.97. The lowest BCUT2D eigenvalue weighted by atomic mass is 9.71. The molecule has 0 aromatic heterocycles. The number of carbonyl (C=O) groups excluding carboxylic acids is 2. The third-order valence-electron chi connectivity index (χ3n) is 6.91. The molecule has 2 aromatic rings. The van der Waals surface area contributed by atoms with E-state index in [1.807, 2.05) is 19.1 Å². The molecule has 0 fully saturated rings. The maximum absolute atomic E-state index is 13.1. The van der Waals surface area contributed by atoms with Crippen LogP contribution in [-0.4, -0.2) is 23.1 Å². The molecule has 2 aliphatic carbocycles. The molecule has 0 unspecified atom stereocenters. The van der Waals surface area contributed by atoms with Crippen LogP contribution in [0, 0.1) is 10.1 Å². The van der Waals surface area contributed by atoms with E-state index in [1.165, 1.54) is 12.1 Å². The van der Waals surface area contributed by atoms with E-state index < -0.39 is 10.8 Å². The Balaban J connectivity index is 1.50. The van der Waals surface area contributed by atoms with Gasteiger partial charge in [0, 0.05) is 53.4 Å². The van der Waals surface area contributed by atoms with Gasteiger partial charge in [-0.15, -0.1) is 0 Å². The zero-order valence-corrected chi connectivity index (χ0v) is 20.2. The predicted octanol–water partition coefficient (Wildman–Crippen LogP) is 5.27. The standard InChI is InChI=1S/C28H28N2O6/c1-2-35-25-15-18(12-13-24(25)36-16-17-6-3-7-19(14-17)30(33)34)26-27-20(8-4-10-22(27)31)29-21-9-5-11-23(32)28(21)26/h3,6-7,12-15,26,29H,2,4-5,8-11,16H2,1H3. The molecular formula is C28H28N2O6. The lowest BCUT2D eigenvalue weighted by molar-refractivity contribution is -0.384. The van der Waals surface area contributed by atoms with Gasteiger partial charge < -0.3 is 14.8 Å². The number of ether oxygens (including phenoxy) is 2. The van der Waals surface area contributed by atoms with Crippen molar-refractivity contribution in [2.24, 2.45) is 0 Å². The van der Waals surface area contributed by atoms with Gasteiger partial charge in [-0.1, -0.05) is 18.2 Å². The fraction of sp³-hybridized carbons (Fsp3) is 0.357. The largest absolute Gasteiger partial charge is 0.490 e. The molecule has 2 aromatic carbocycles. The molecule has 0 radical (unpaired) electrons. The van der Waals surface area contributed by atoms with Crippen LogP contribution in [0.25, 0.3) is 0 Å². The van der Waals surface area contributed by atoms with Gasteiger partial charge in [0.05, 0.1) is 11.5 Å². The van der Waals surface area contributed by atoms with E-state index in [2.05, 4.69) is 5.32 Å². The normalized spacial score (nSPS) is 17.9. The number of dihydropyridines is 1. The summed E-state index contributed by atoms with van der Waals surface area (Å²) in [5.74, 6) is 0.760. The number of nitro benzene ring substituents is 1. The highest BCUT2D eigenvalue weighted by Crippen LogP contribution is 2.46. The number of non-ortho nitro benzene ring substituents is 1. The lowest BCUT2D eigenvalue weighted by Crippen LogP contribution is -2.36. The van der Waals surface area contributed by atoms with E-state index in [9.17, 15) is 19.7 Å². The molecular weight excluding hydrogens is 460 g/mol. The molecule has 36 heavy (non-hydrogen) atoms. The second-order valence-corrected chi connectivity index (χ2v) is 9.25. The number of carbonyl (C=O) groups is 2. The van der Waals surface area contributed by atoms with Crippen molar-refractivity contribution >= 4 is 17.3 Å². The highest BCUT2D eigenvalue weighted by atomic mass is 16.6. The van der Waals surface area contributed by atoms with E-state index in [4.69, 9.17) is 9.47 Å². The van der Waals surface area contributed by atoms with Crippen LogP contribution < -0.4 is 14.8 Å². The van der Waals surface area contributed by atoms with Gasteiger partial charge in [-0.3, -0.25) is 19.7 Å². The number of rotatable bonds is 7. The number of ketones is 2. The van der Waals surface area contributed by atoms with Crippen LogP contribution in [0.1, 0.15) is 62.5 Å². The predicted molar refractivity (Wildman–Crippen MR) is 133 cm³/mol. The molecule has 1 N–H and O–H groups in total. The van der Waals surface area contributed by atoms with Crippen LogP contribution in [0.5, 0.6) is 11.5 Å². The van der Waals surface area contributed by atoms with E-state index in [-0.39, 0.29) is 23.9 Å². The molecule has 0 saturated carbocycles. The highest BCUT2D eigenvalue weighted by molar-refractivity contribution is 6.06. The monoisotopic (exact) mass is 488 g/mol. The second-order valence-electron chi connectivity index (χ2n) is 9.25. The van der Waals surface area contributed by atoms with Gasteiger partial charge >= 0.3 is 0 Å². The molecule has 0 bridgehead atoms.